The fourth-order valence-electron chi connectivity index (χ4n) is 2.07. The maximum Gasteiger partial charge on any atom is 0.425 e. The summed E-state index contributed by atoms with van der Waals surface area (Å²) in [7, 11) is 0. The van der Waals surface area contributed by atoms with Gasteiger partial charge in [0.1, 0.15) is 23.5 Å². The highest BCUT2D eigenvalue weighted by atomic mass is 32.1. The summed E-state index contributed by atoms with van der Waals surface area (Å²) in [6, 6.07) is 13.0. The Hall–Kier alpha value is -2.87. The van der Waals surface area contributed by atoms with Gasteiger partial charge in [-0.05, 0) is 5.56 Å². The van der Waals surface area contributed by atoms with Gasteiger partial charge < -0.3 is 9.47 Å². The van der Waals surface area contributed by atoms with Crippen LogP contribution in [-0.4, -0.2) is 11.3 Å². The van der Waals surface area contributed by atoms with Crippen molar-refractivity contribution < 1.29 is 27.4 Å². The van der Waals surface area contributed by atoms with Crippen molar-refractivity contribution in [2.75, 3.05) is 0 Å². The van der Waals surface area contributed by atoms with E-state index in [-0.39, 0.29) is 29.7 Å². The zero-order chi connectivity index (χ0) is 18.6. The molecule has 3 rings (SSSR count). The average Bonchev–Trinajstić information content (AvgIpc) is 3.09. The lowest BCUT2D eigenvalue weighted by Gasteiger charge is -2.09. The topological polar surface area (TPSA) is 48.4 Å². The van der Waals surface area contributed by atoms with E-state index < -0.39 is 11.1 Å². The number of aldehydes is 1. The summed E-state index contributed by atoms with van der Waals surface area (Å²) in [5, 5.41) is 1.22. The van der Waals surface area contributed by atoms with Crippen LogP contribution in [0.5, 0.6) is 17.5 Å². The van der Waals surface area contributed by atoms with Crippen molar-refractivity contribution in [3.63, 3.8) is 0 Å². The van der Waals surface area contributed by atoms with Crippen molar-refractivity contribution in [2.45, 2.75) is 12.8 Å². The van der Waals surface area contributed by atoms with Crippen LogP contribution >= 0.6 is 11.3 Å². The van der Waals surface area contributed by atoms with Gasteiger partial charge in [0.25, 0.3) is 0 Å². The maximum absolute atomic E-state index is 12.7. The van der Waals surface area contributed by atoms with E-state index in [0.29, 0.717) is 17.6 Å². The van der Waals surface area contributed by atoms with Gasteiger partial charge in [0.15, 0.2) is 0 Å². The zero-order valence-electron chi connectivity index (χ0n) is 13.2. The monoisotopic (exact) mass is 379 g/mol. The van der Waals surface area contributed by atoms with Gasteiger partial charge in [-0.3, -0.25) is 4.79 Å². The summed E-state index contributed by atoms with van der Waals surface area (Å²) >= 11 is 0.519. The molecule has 0 atom stereocenters. The van der Waals surface area contributed by atoms with E-state index in [9.17, 15) is 18.0 Å². The van der Waals surface area contributed by atoms with Crippen LogP contribution in [0, 0.1) is 0 Å². The number of thiophene rings is 1. The van der Waals surface area contributed by atoms with Crippen LogP contribution in [0.1, 0.15) is 20.8 Å². The number of pyridine rings is 1. The number of aromatic nitrogens is 1. The number of carbonyl (C=O) groups excluding carboxylic acids is 1. The van der Waals surface area contributed by atoms with Gasteiger partial charge in [0.2, 0.25) is 11.8 Å². The standard InChI is InChI=1S/C18H12F3NO3S/c19-18(20,21)15-8-14(11-26-15)25-17-7-13(9-23)6-16(22-17)24-10-12-4-2-1-3-5-12/h1-9,11H,10H2. The van der Waals surface area contributed by atoms with Crippen molar-refractivity contribution >= 4 is 17.6 Å². The number of nitrogens with zero attached hydrogens (tertiary/aromatic N) is 1. The molecule has 2 heterocycles. The van der Waals surface area contributed by atoms with Crippen LogP contribution in [0.3, 0.4) is 0 Å². The molecular formula is C18H12F3NO3S. The number of ether oxygens (including phenoxy) is 2. The summed E-state index contributed by atoms with van der Waals surface area (Å²) < 4.78 is 48.9. The number of alkyl halides is 3. The largest absolute Gasteiger partial charge is 0.473 e. The Bertz CT molecular complexity index is 894. The highest BCUT2D eigenvalue weighted by molar-refractivity contribution is 7.10. The third-order valence-electron chi connectivity index (χ3n) is 3.24. The minimum Gasteiger partial charge on any atom is -0.473 e. The molecule has 8 heteroatoms. The third-order valence-corrected chi connectivity index (χ3v) is 4.20. The van der Waals surface area contributed by atoms with E-state index in [1.54, 1.807) is 0 Å². The molecule has 26 heavy (non-hydrogen) atoms. The molecule has 134 valence electrons. The smallest absolute Gasteiger partial charge is 0.425 e. The Morgan fingerprint density at radius 2 is 1.81 bits per heavy atom. The summed E-state index contributed by atoms with van der Waals surface area (Å²) in [4.78, 5) is 14.4. The number of hydrogen-bond donors (Lipinski definition) is 0. The van der Waals surface area contributed by atoms with E-state index in [2.05, 4.69) is 4.98 Å². The Kier molecular flexibility index (Phi) is 5.22. The highest BCUT2D eigenvalue weighted by Gasteiger charge is 2.32. The van der Waals surface area contributed by atoms with E-state index in [1.165, 1.54) is 17.5 Å². The predicted octanol–water partition coefficient (Wildman–Crippen LogP) is 5.35. The van der Waals surface area contributed by atoms with Gasteiger partial charge in [-0.2, -0.15) is 18.2 Å². The Labute approximate surface area is 150 Å². The molecule has 0 spiro atoms. The van der Waals surface area contributed by atoms with Crippen molar-refractivity contribution in [1.82, 2.24) is 4.98 Å². The summed E-state index contributed by atoms with van der Waals surface area (Å²) in [5.41, 5.74) is 1.14. The predicted molar refractivity (Wildman–Crippen MR) is 89.8 cm³/mol. The van der Waals surface area contributed by atoms with Crippen LogP contribution in [0.25, 0.3) is 0 Å². The fourth-order valence-corrected chi connectivity index (χ4v) is 2.74. The van der Waals surface area contributed by atoms with Crippen molar-refractivity contribution in [3.8, 4) is 17.5 Å². The minimum atomic E-state index is -4.44. The zero-order valence-corrected chi connectivity index (χ0v) is 14.0. The second kappa shape index (κ2) is 7.57. The SMILES string of the molecule is O=Cc1cc(OCc2ccccc2)nc(Oc2csc(C(F)(F)F)c2)c1. The lowest BCUT2D eigenvalue weighted by molar-refractivity contribution is -0.134. The van der Waals surface area contributed by atoms with Crippen LogP contribution in [0.15, 0.2) is 53.9 Å². The van der Waals surface area contributed by atoms with E-state index >= 15 is 0 Å². The molecule has 0 unspecified atom stereocenters. The van der Waals surface area contributed by atoms with Crippen LogP contribution in [-0.2, 0) is 12.8 Å². The molecule has 3 aromatic rings. The molecule has 1 aromatic carbocycles. The summed E-state index contributed by atoms with van der Waals surface area (Å²) in [5.74, 6) is 0.107. The minimum absolute atomic E-state index is 0.00752. The number of halogens is 3. The van der Waals surface area contributed by atoms with Crippen molar-refractivity contribution in [3.05, 3.63) is 69.9 Å². The summed E-state index contributed by atoms with van der Waals surface area (Å²) in [6.45, 7) is 0.228. The molecule has 2 aromatic heterocycles. The molecule has 0 aliphatic rings. The van der Waals surface area contributed by atoms with Crippen LogP contribution in [0.2, 0.25) is 0 Å². The summed E-state index contributed by atoms with van der Waals surface area (Å²) in [6.07, 6.45) is -3.85. The van der Waals surface area contributed by atoms with Gasteiger partial charge in [0.05, 0.1) is 0 Å². The Morgan fingerprint density at radius 3 is 2.46 bits per heavy atom. The molecule has 0 bridgehead atoms. The Balaban J connectivity index is 1.76. The van der Waals surface area contributed by atoms with Crippen LogP contribution < -0.4 is 9.47 Å². The molecule has 0 saturated carbocycles. The van der Waals surface area contributed by atoms with Crippen LogP contribution in [0.4, 0.5) is 13.2 Å². The molecule has 0 amide bonds. The third kappa shape index (κ3) is 4.60. The number of carbonyl (C=O) groups is 1. The molecule has 4 nitrogen and oxygen atoms in total. The quantitative estimate of drug-likeness (QED) is 0.542. The lowest BCUT2D eigenvalue weighted by atomic mass is 10.2. The lowest BCUT2D eigenvalue weighted by Crippen LogP contribution is -2.01. The number of hydrogen-bond acceptors (Lipinski definition) is 5. The van der Waals surface area contributed by atoms with E-state index in [1.807, 2.05) is 30.3 Å². The number of rotatable bonds is 6. The second-order valence-electron chi connectivity index (χ2n) is 5.22. The van der Waals surface area contributed by atoms with Gasteiger partial charge >= 0.3 is 6.18 Å². The molecule has 0 aliphatic carbocycles. The fraction of sp³-hybridized carbons (Fsp3) is 0.111. The van der Waals surface area contributed by atoms with E-state index in [4.69, 9.17) is 9.47 Å². The normalized spacial score (nSPS) is 11.2. The molecule has 0 aliphatic heterocycles. The first-order valence-corrected chi connectivity index (χ1v) is 8.29. The second-order valence-corrected chi connectivity index (χ2v) is 6.13. The highest BCUT2D eigenvalue weighted by Crippen LogP contribution is 2.37. The van der Waals surface area contributed by atoms with Gasteiger partial charge in [-0.15, -0.1) is 11.3 Å². The molecule has 0 saturated heterocycles. The first-order chi connectivity index (χ1) is 12.4. The van der Waals surface area contributed by atoms with Crippen molar-refractivity contribution in [2.24, 2.45) is 0 Å². The molecule has 0 N–H and O–H groups in total. The average molecular weight is 379 g/mol. The van der Waals surface area contributed by atoms with Gasteiger partial charge in [-0.25, -0.2) is 0 Å². The molecule has 0 radical (unpaired) electrons. The first-order valence-electron chi connectivity index (χ1n) is 7.41. The molecule has 0 fully saturated rings. The van der Waals surface area contributed by atoms with Crippen molar-refractivity contribution in [1.29, 1.82) is 0 Å². The van der Waals surface area contributed by atoms with Gasteiger partial charge in [0, 0.05) is 29.1 Å². The first kappa shape index (κ1) is 17.9. The van der Waals surface area contributed by atoms with Gasteiger partial charge in [-0.1, -0.05) is 30.3 Å². The number of benzene rings is 1. The van der Waals surface area contributed by atoms with E-state index in [0.717, 1.165) is 11.6 Å². The maximum atomic E-state index is 12.7. The molecular weight excluding hydrogens is 367 g/mol. The Morgan fingerprint density at radius 1 is 1.08 bits per heavy atom.